The van der Waals surface area contributed by atoms with E-state index in [9.17, 15) is 13.7 Å². The van der Waals surface area contributed by atoms with E-state index in [4.69, 9.17) is 4.74 Å². The first-order valence-corrected chi connectivity index (χ1v) is 9.45. The molecule has 0 unspecified atom stereocenters. The average Bonchev–Trinajstić information content (AvgIpc) is 2.67. The van der Waals surface area contributed by atoms with Crippen molar-refractivity contribution in [2.75, 3.05) is 31.2 Å². The molecule has 2 aromatic carbocycles. The van der Waals surface area contributed by atoms with Gasteiger partial charge in [-0.05, 0) is 29.8 Å². The first-order chi connectivity index (χ1) is 12.1. The molecule has 2 aromatic rings. The lowest BCUT2D eigenvalue weighted by atomic mass is 10.1. The fraction of sp³-hybridized carbons (Fsp3) is 0.211. The van der Waals surface area contributed by atoms with Crippen LogP contribution in [0.1, 0.15) is 5.56 Å². The molecule has 1 fully saturated rings. The molecule has 1 heterocycles. The van der Waals surface area contributed by atoms with Crippen LogP contribution in [0, 0.1) is 11.3 Å². The van der Waals surface area contributed by atoms with Crippen molar-refractivity contribution in [2.24, 2.45) is 0 Å². The van der Waals surface area contributed by atoms with Crippen molar-refractivity contribution in [1.82, 2.24) is 0 Å². The number of allylic oxidation sites excluding steroid dienone is 1. The zero-order valence-electron chi connectivity index (χ0n) is 13.6. The number of nitriles is 1. The summed E-state index contributed by atoms with van der Waals surface area (Å²) in [4.78, 5) is 1.99. The fourth-order valence-electron chi connectivity index (χ4n) is 2.74. The molecule has 0 saturated carbocycles. The lowest BCUT2D eigenvalue weighted by Crippen LogP contribution is -2.36. The summed E-state index contributed by atoms with van der Waals surface area (Å²) in [5.41, 5.74) is 1.61. The van der Waals surface area contributed by atoms with Crippen LogP contribution in [0.4, 0.5) is 5.69 Å². The Bertz CT molecular complexity index is 909. The lowest BCUT2D eigenvalue weighted by molar-refractivity contribution is 0.122. The number of benzene rings is 2. The normalized spacial score (nSPS) is 15.6. The standard InChI is InChI=1S/C19H18N2O3S/c20-15-18(25(22,23)17-7-2-1-3-8-17)14-16-6-4-5-9-19(16)21-10-12-24-13-11-21/h1-9,14H,10-13H2/b18-14-. The summed E-state index contributed by atoms with van der Waals surface area (Å²) >= 11 is 0. The lowest BCUT2D eigenvalue weighted by Gasteiger charge is -2.30. The number of hydrogen-bond donors (Lipinski definition) is 0. The van der Waals surface area contributed by atoms with Crippen LogP contribution in [0.5, 0.6) is 0 Å². The Kier molecular flexibility index (Phi) is 5.17. The molecule has 25 heavy (non-hydrogen) atoms. The number of nitrogens with zero attached hydrogens (tertiary/aromatic N) is 2. The molecule has 0 spiro atoms. The molecular weight excluding hydrogens is 336 g/mol. The number of hydrogen-bond acceptors (Lipinski definition) is 5. The molecule has 128 valence electrons. The molecule has 0 amide bonds. The molecule has 0 aliphatic carbocycles. The third-order valence-electron chi connectivity index (χ3n) is 4.03. The maximum absolute atomic E-state index is 12.7. The first kappa shape index (κ1) is 17.2. The molecule has 6 heteroatoms. The topological polar surface area (TPSA) is 70.4 Å². The van der Waals surface area contributed by atoms with E-state index >= 15 is 0 Å². The highest BCUT2D eigenvalue weighted by Gasteiger charge is 2.21. The summed E-state index contributed by atoms with van der Waals surface area (Å²) in [6.07, 6.45) is 1.45. The minimum absolute atomic E-state index is 0.117. The molecule has 1 aliphatic heterocycles. The number of anilines is 1. The Balaban J connectivity index is 2.03. The third-order valence-corrected chi connectivity index (χ3v) is 5.71. The molecule has 1 aliphatic rings. The Morgan fingerprint density at radius 3 is 2.36 bits per heavy atom. The van der Waals surface area contributed by atoms with Gasteiger partial charge in [0.2, 0.25) is 9.84 Å². The Hall–Kier alpha value is -2.62. The van der Waals surface area contributed by atoms with Gasteiger partial charge in [-0.2, -0.15) is 5.26 Å². The first-order valence-electron chi connectivity index (χ1n) is 7.96. The zero-order valence-corrected chi connectivity index (χ0v) is 14.4. The second-order valence-electron chi connectivity index (χ2n) is 5.60. The minimum Gasteiger partial charge on any atom is -0.378 e. The highest BCUT2D eigenvalue weighted by Crippen LogP contribution is 2.27. The van der Waals surface area contributed by atoms with Crippen LogP contribution in [-0.4, -0.2) is 34.7 Å². The molecule has 0 N–H and O–H groups in total. The van der Waals surface area contributed by atoms with Gasteiger partial charge in [0.25, 0.3) is 0 Å². The fourth-order valence-corrected chi connectivity index (χ4v) is 3.91. The van der Waals surface area contributed by atoms with Gasteiger partial charge < -0.3 is 9.64 Å². The second kappa shape index (κ2) is 7.51. The van der Waals surface area contributed by atoms with Crippen LogP contribution < -0.4 is 4.90 Å². The quantitative estimate of drug-likeness (QED) is 0.790. The van der Waals surface area contributed by atoms with E-state index in [2.05, 4.69) is 4.90 Å². The summed E-state index contributed by atoms with van der Waals surface area (Å²) in [6.45, 7) is 2.73. The van der Waals surface area contributed by atoms with E-state index in [0.29, 0.717) is 18.8 Å². The largest absolute Gasteiger partial charge is 0.378 e. The van der Waals surface area contributed by atoms with Crippen molar-refractivity contribution in [3.05, 3.63) is 65.1 Å². The Labute approximate surface area is 147 Å². The number of rotatable bonds is 4. The monoisotopic (exact) mass is 354 g/mol. The van der Waals surface area contributed by atoms with Crippen molar-refractivity contribution in [3.63, 3.8) is 0 Å². The molecule has 0 bridgehead atoms. The smallest absolute Gasteiger partial charge is 0.216 e. The van der Waals surface area contributed by atoms with Gasteiger partial charge in [-0.1, -0.05) is 36.4 Å². The number of sulfone groups is 1. The summed E-state index contributed by atoms with van der Waals surface area (Å²) in [5, 5.41) is 9.45. The van der Waals surface area contributed by atoms with E-state index in [-0.39, 0.29) is 9.80 Å². The van der Waals surface area contributed by atoms with Gasteiger partial charge in [-0.25, -0.2) is 8.42 Å². The van der Waals surface area contributed by atoms with Crippen molar-refractivity contribution in [2.45, 2.75) is 4.90 Å². The van der Waals surface area contributed by atoms with Crippen molar-refractivity contribution in [1.29, 1.82) is 5.26 Å². The number of morpholine rings is 1. The maximum Gasteiger partial charge on any atom is 0.216 e. The summed E-state index contributed by atoms with van der Waals surface area (Å²) in [6, 6.07) is 17.4. The summed E-state index contributed by atoms with van der Waals surface area (Å²) in [7, 11) is -3.84. The average molecular weight is 354 g/mol. The zero-order chi connectivity index (χ0) is 17.7. The highest BCUT2D eigenvalue weighted by atomic mass is 32.2. The van der Waals surface area contributed by atoms with Crippen LogP contribution in [-0.2, 0) is 14.6 Å². The van der Waals surface area contributed by atoms with Gasteiger partial charge in [0, 0.05) is 18.8 Å². The Morgan fingerprint density at radius 2 is 1.68 bits per heavy atom. The van der Waals surface area contributed by atoms with E-state index in [1.807, 2.05) is 30.3 Å². The van der Waals surface area contributed by atoms with Gasteiger partial charge in [0.05, 0.1) is 18.1 Å². The maximum atomic E-state index is 12.7. The molecular formula is C19H18N2O3S. The van der Waals surface area contributed by atoms with E-state index in [0.717, 1.165) is 18.8 Å². The van der Waals surface area contributed by atoms with Crippen LogP contribution in [0.2, 0.25) is 0 Å². The molecule has 3 rings (SSSR count). The van der Waals surface area contributed by atoms with Gasteiger partial charge >= 0.3 is 0 Å². The number of para-hydroxylation sites is 1. The van der Waals surface area contributed by atoms with Crippen LogP contribution in [0.3, 0.4) is 0 Å². The molecule has 0 aromatic heterocycles. The molecule has 0 radical (unpaired) electrons. The molecule has 0 atom stereocenters. The number of ether oxygens (including phenoxy) is 1. The van der Waals surface area contributed by atoms with E-state index in [1.54, 1.807) is 18.2 Å². The Morgan fingerprint density at radius 1 is 1.04 bits per heavy atom. The molecule has 5 nitrogen and oxygen atoms in total. The van der Waals surface area contributed by atoms with Crippen LogP contribution in [0.25, 0.3) is 6.08 Å². The van der Waals surface area contributed by atoms with Crippen LogP contribution >= 0.6 is 0 Å². The predicted octanol–water partition coefficient (Wildman–Crippen LogP) is 2.86. The summed E-state index contributed by atoms with van der Waals surface area (Å²) < 4.78 is 30.8. The highest BCUT2D eigenvalue weighted by molar-refractivity contribution is 7.95. The van der Waals surface area contributed by atoms with E-state index in [1.165, 1.54) is 18.2 Å². The van der Waals surface area contributed by atoms with E-state index < -0.39 is 9.84 Å². The third kappa shape index (κ3) is 3.73. The second-order valence-corrected chi connectivity index (χ2v) is 7.51. The van der Waals surface area contributed by atoms with Gasteiger partial charge in [0.1, 0.15) is 11.0 Å². The van der Waals surface area contributed by atoms with Gasteiger partial charge in [-0.3, -0.25) is 0 Å². The SMILES string of the molecule is N#C/C(=C/c1ccccc1N1CCOCC1)S(=O)(=O)c1ccccc1. The van der Waals surface area contributed by atoms with Gasteiger partial charge in [0.15, 0.2) is 0 Å². The van der Waals surface area contributed by atoms with Crippen molar-refractivity contribution < 1.29 is 13.2 Å². The van der Waals surface area contributed by atoms with Crippen molar-refractivity contribution in [3.8, 4) is 6.07 Å². The van der Waals surface area contributed by atoms with Crippen LogP contribution in [0.15, 0.2) is 64.4 Å². The predicted molar refractivity (Wildman–Crippen MR) is 96.7 cm³/mol. The van der Waals surface area contributed by atoms with Crippen molar-refractivity contribution >= 4 is 21.6 Å². The summed E-state index contributed by atoms with van der Waals surface area (Å²) in [5.74, 6) is 0. The molecule has 1 saturated heterocycles. The van der Waals surface area contributed by atoms with Gasteiger partial charge in [-0.15, -0.1) is 0 Å². The minimum atomic E-state index is -3.84.